The summed E-state index contributed by atoms with van der Waals surface area (Å²) < 4.78 is 5.21. The van der Waals surface area contributed by atoms with Crippen LogP contribution in [-0.2, 0) is 0 Å². The fourth-order valence-electron chi connectivity index (χ4n) is 2.60. The number of pyridine rings is 2. The molecular formula is C18H15ClN4O2. The number of nitrogens with one attached hydrogen (secondary N) is 2. The first-order chi connectivity index (χ1) is 12.0. The van der Waals surface area contributed by atoms with E-state index in [0.29, 0.717) is 27.5 Å². The van der Waals surface area contributed by atoms with Gasteiger partial charge in [0.05, 0.1) is 23.7 Å². The van der Waals surface area contributed by atoms with Crippen LogP contribution in [-0.4, -0.2) is 17.1 Å². The molecule has 0 unspecified atom stereocenters. The topological polar surface area (TPSA) is 90.8 Å². The van der Waals surface area contributed by atoms with E-state index in [9.17, 15) is 4.79 Å². The fourth-order valence-corrected chi connectivity index (χ4v) is 2.77. The van der Waals surface area contributed by atoms with E-state index in [1.165, 1.54) is 13.3 Å². The molecule has 0 bridgehead atoms. The Kier molecular flexibility index (Phi) is 4.59. The van der Waals surface area contributed by atoms with E-state index < -0.39 is 0 Å². The lowest BCUT2D eigenvalue weighted by Gasteiger charge is -2.16. The normalized spacial score (nSPS) is 11.8. The number of benzene rings is 1. The summed E-state index contributed by atoms with van der Waals surface area (Å²) in [6, 6.07) is 10.5. The Morgan fingerprint density at radius 2 is 2.16 bits per heavy atom. The molecule has 0 aliphatic heterocycles. The molecule has 0 aliphatic rings. The van der Waals surface area contributed by atoms with Gasteiger partial charge in [-0.2, -0.15) is 5.26 Å². The lowest BCUT2D eigenvalue weighted by molar-refractivity contribution is 0.413. The van der Waals surface area contributed by atoms with Crippen molar-refractivity contribution >= 4 is 28.3 Å². The van der Waals surface area contributed by atoms with E-state index in [2.05, 4.69) is 21.4 Å². The summed E-state index contributed by atoms with van der Waals surface area (Å²) >= 11 is 5.97. The largest absolute Gasteiger partial charge is 0.495 e. The molecule has 7 heteroatoms. The Bertz CT molecular complexity index is 1040. The third kappa shape index (κ3) is 3.42. The maximum absolute atomic E-state index is 12.3. The molecule has 6 nitrogen and oxygen atoms in total. The predicted molar refractivity (Wildman–Crippen MR) is 97.1 cm³/mol. The van der Waals surface area contributed by atoms with E-state index >= 15 is 0 Å². The number of methoxy groups -OCH3 is 1. The molecule has 2 aromatic heterocycles. The minimum atomic E-state index is -0.273. The summed E-state index contributed by atoms with van der Waals surface area (Å²) in [5.74, 6) is 0.475. The van der Waals surface area contributed by atoms with Crippen molar-refractivity contribution in [3.63, 3.8) is 0 Å². The summed E-state index contributed by atoms with van der Waals surface area (Å²) in [4.78, 5) is 19.2. The first-order valence-electron chi connectivity index (χ1n) is 7.55. The van der Waals surface area contributed by atoms with Gasteiger partial charge in [0, 0.05) is 28.9 Å². The van der Waals surface area contributed by atoms with Crippen molar-refractivity contribution in [1.82, 2.24) is 9.97 Å². The second kappa shape index (κ2) is 6.83. The second-order valence-corrected chi connectivity index (χ2v) is 5.97. The van der Waals surface area contributed by atoms with E-state index in [0.717, 1.165) is 11.1 Å². The highest BCUT2D eigenvalue weighted by atomic mass is 35.5. The Morgan fingerprint density at radius 3 is 2.88 bits per heavy atom. The predicted octanol–water partition coefficient (Wildman–Crippen LogP) is 3.63. The second-order valence-electron chi connectivity index (χ2n) is 5.54. The zero-order chi connectivity index (χ0) is 18.0. The zero-order valence-corrected chi connectivity index (χ0v) is 14.4. The molecule has 3 rings (SSSR count). The van der Waals surface area contributed by atoms with Gasteiger partial charge in [-0.05, 0) is 31.2 Å². The van der Waals surface area contributed by atoms with Crippen LogP contribution in [0.4, 0.5) is 5.69 Å². The third-order valence-electron chi connectivity index (χ3n) is 3.86. The van der Waals surface area contributed by atoms with Crippen molar-refractivity contribution in [3.05, 3.63) is 63.0 Å². The Labute approximate surface area is 149 Å². The fraction of sp³-hybridized carbons (Fsp3) is 0.167. The van der Waals surface area contributed by atoms with E-state index in [1.807, 2.05) is 6.92 Å². The number of fused-ring (bicyclic) bond motifs is 1. The molecule has 0 aliphatic carbocycles. The molecule has 0 radical (unpaired) electrons. The summed E-state index contributed by atoms with van der Waals surface area (Å²) in [5, 5.41) is 13.5. The molecule has 0 fully saturated rings. The number of aromatic nitrogens is 2. The SMILES string of the molecule is COc1cc(N[C@@H](C)c2cc3cc(Cl)cnc3[nH]c2=O)ccc1C#N. The number of hydrogen-bond acceptors (Lipinski definition) is 5. The maximum atomic E-state index is 12.3. The number of aromatic amines is 1. The number of nitrogens with zero attached hydrogens (tertiary/aromatic N) is 2. The zero-order valence-electron chi connectivity index (χ0n) is 13.6. The number of H-pyrrole nitrogens is 1. The van der Waals surface area contributed by atoms with Gasteiger partial charge in [-0.15, -0.1) is 0 Å². The van der Waals surface area contributed by atoms with Gasteiger partial charge in [0.1, 0.15) is 17.5 Å². The number of nitriles is 1. The Hall–Kier alpha value is -3.04. The van der Waals surface area contributed by atoms with Crippen molar-refractivity contribution < 1.29 is 4.74 Å². The third-order valence-corrected chi connectivity index (χ3v) is 4.07. The van der Waals surface area contributed by atoms with Crippen LogP contribution < -0.4 is 15.6 Å². The van der Waals surface area contributed by atoms with Crippen molar-refractivity contribution in [3.8, 4) is 11.8 Å². The monoisotopic (exact) mass is 354 g/mol. The van der Waals surface area contributed by atoms with Crippen LogP contribution in [0.1, 0.15) is 24.1 Å². The van der Waals surface area contributed by atoms with Crippen LogP contribution in [0.15, 0.2) is 41.3 Å². The van der Waals surface area contributed by atoms with E-state index in [1.54, 1.807) is 30.3 Å². The highest BCUT2D eigenvalue weighted by Gasteiger charge is 2.13. The minimum absolute atomic E-state index is 0.220. The molecule has 1 atom stereocenters. The van der Waals surface area contributed by atoms with Crippen molar-refractivity contribution in [2.75, 3.05) is 12.4 Å². The van der Waals surface area contributed by atoms with E-state index in [-0.39, 0.29) is 11.6 Å². The van der Waals surface area contributed by atoms with Gasteiger partial charge in [0.2, 0.25) is 0 Å². The quantitative estimate of drug-likeness (QED) is 0.746. The number of hydrogen-bond donors (Lipinski definition) is 2. The average molecular weight is 355 g/mol. The lowest BCUT2D eigenvalue weighted by Crippen LogP contribution is -2.19. The van der Waals surface area contributed by atoms with Crippen LogP contribution in [0.2, 0.25) is 5.02 Å². The van der Waals surface area contributed by atoms with Crippen LogP contribution in [0.25, 0.3) is 11.0 Å². The first kappa shape index (κ1) is 16.8. The number of halogens is 1. The van der Waals surface area contributed by atoms with Crippen molar-refractivity contribution in [2.45, 2.75) is 13.0 Å². The highest BCUT2D eigenvalue weighted by Crippen LogP contribution is 2.26. The Balaban J connectivity index is 1.94. The summed E-state index contributed by atoms with van der Waals surface area (Å²) in [6.07, 6.45) is 1.49. The first-order valence-corrected chi connectivity index (χ1v) is 7.92. The molecular weight excluding hydrogens is 340 g/mol. The van der Waals surface area contributed by atoms with Crippen molar-refractivity contribution in [2.24, 2.45) is 0 Å². The smallest absolute Gasteiger partial charge is 0.254 e. The van der Waals surface area contributed by atoms with Crippen LogP contribution in [0, 0.1) is 11.3 Å². The van der Waals surface area contributed by atoms with Crippen LogP contribution in [0.3, 0.4) is 0 Å². The maximum Gasteiger partial charge on any atom is 0.254 e. The summed E-state index contributed by atoms with van der Waals surface area (Å²) in [7, 11) is 1.51. The van der Waals surface area contributed by atoms with Gasteiger partial charge in [-0.1, -0.05) is 11.6 Å². The highest BCUT2D eigenvalue weighted by molar-refractivity contribution is 6.31. The van der Waals surface area contributed by atoms with Crippen molar-refractivity contribution in [1.29, 1.82) is 5.26 Å². The molecule has 0 saturated carbocycles. The lowest BCUT2D eigenvalue weighted by atomic mass is 10.1. The molecule has 126 valence electrons. The number of rotatable bonds is 4. The van der Waals surface area contributed by atoms with Gasteiger partial charge >= 0.3 is 0 Å². The molecule has 3 aromatic rings. The van der Waals surface area contributed by atoms with Gasteiger partial charge in [0.15, 0.2) is 0 Å². The van der Waals surface area contributed by atoms with Gasteiger partial charge in [-0.3, -0.25) is 4.79 Å². The Morgan fingerprint density at radius 1 is 1.36 bits per heavy atom. The molecule has 25 heavy (non-hydrogen) atoms. The summed E-state index contributed by atoms with van der Waals surface area (Å²) in [6.45, 7) is 1.87. The number of anilines is 1. The molecule has 0 saturated heterocycles. The van der Waals surface area contributed by atoms with Crippen LogP contribution in [0.5, 0.6) is 5.75 Å². The molecule has 2 heterocycles. The number of ether oxygens (including phenoxy) is 1. The molecule has 1 aromatic carbocycles. The molecule has 0 spiro atoms. The molecule has 0 amide bonds. The average Bonchev–Trinajstić information content (AvgIpc) is 2.61. The minimum Gasteiger partial charge on any atom is -0.495 e. The van der Waals surface area contributed by atoms with Crippen LogP contribution >= 0.6 is 11.6 Å². The van der Waals surface area contributed by atoms with Gasteiger partial charge in [-0.25, -0.2) is 4.98 Å². The molecule has 2 N–H and O–H groups in total. The van der Waals surface area contributed by atoms with E-state index in [4.69, 9.17) is 21.6 Å². The van der Waals surface area contributed by atoms with Gasteiger partial charge < -0.3 is 15.0 Å². The summed E-state index contributed by atoms with van der Waals surface area (Å²) in [5.41, 5.74) is 2.02. The van der Waals surface area contributed by atoms with Gasteiger partial charge in [0.25, 0.3) is 5.56 Å². The standard InChI is InChI=1S/C18H15ClN4O2/c1-10(22-14-4-3-11(8-20)16(7-14)25-2)15-6-12-5-13(19)9-21-17(12)23-18(15)24/h3-7,9-10,22H,1-2H3,(H,21,23,24)/t10-/m0/s1.